The molecular weight excluding hydrogens is 404 g/mol. The summed E-state index contributed by atoms with van der Waals surface area (Å²) in [6.07, 6.45) is 8.03. The summed E-state index contributed by atoms with van der Waals surface area (Å²) in [6.45, 7) is 11.4. The molecule has 0 radical (unpaired) electrons. The summed E-state index contributed by atoms with van der Waals surface area (Å²) in [7, 11) is 0. The molecule has 5 nitrogen and oxygen atoms in total. The van der Waals surface area contributed by atoms with Gasteiger partial charge >= 0.3 is 0 Å². The summed E-state index contributed by atoms with van der Waals surface area (Å²) >= 11 is 0. The molecule has 0 unspecified atom stereocenters. The Kier molecular flexibility index (Phi) is 12.4. The second kappa shape index (κ2) is 14.8. The minimum atomic E-state index is 0.0289. The number of hydrogen-bond acceptors (Lipinski definition) is 5. The van der Waals surface area contributed by atoms with Gasteiger partial charge in [-0.2, -0.15) is 0 Å². The second-order valence-corrected chi connectivity index (χ2v) is 9.71. The van der Waals surface area contributed by atoms with Gasteiger partial charge in [0.15, 0.2) is 0 Å². The number of aliphatic hydroxyl groups is 1. The lowest BCUT2D eigenvalue weighted by atomic mass is 9.67. The molecule has 1 fully saturated rings. The Labute approximate surface area is 195 Å². The van der Waals surface area contributed by atoms with Crippen LogP contribution in [0.4, 0.5) is 0 Å². The van der Waals surface area contributed by atoms with Gasteiger partial charge in [-0.3, -0.25) is 0 Å². The van der Waals surface area contributed by atoms with Crippen LogP contribution in [0.1, 0.15) is 83.3 Å². The van der Waals surface area contributed by atoms with Crippen molar-refractivity contribution in [3.8, 4) is 11.5 Å². The normalized spacial score (nSPS) is 21.2. The summed E-state index contributed by atoms with van der Waals surface area (Å²) in [5, 5.41) is 19.9. The van der Waals surface area contributed by atoms with Crippen molar-refractivity contribution in [2.45, 2.75) is 78.6 Å². The molecule has 1 aromatic rings. The first-order valence-electron chi connectivity index (χ1n) is 12.7. The van der Waals surface area contributed by atoms with Crippen molar-refractivity contribution in [3.63, 3.8) is 0 Å². The van der Waals surface area contributed by atoms with E-state index in [0.29, 0.717) is 62.5 Å². The lowest BCUT2D eigenvalue weighted by Gasteiger charge is -2.38. The quantitative estimate of drug-likeness (QED) is 0.335. The van der Waals surface area contributed by atoms with Crippen LogP contribution in [0.15, 0.2) is 12.1 Å². The summed E-state index contributed by atoms with van der Waals surface area (Å²) in [6, 6.07) is 4.13. The van der Waals surface area contributed by atoms with Crippen molar-refractivity contribution in [1.82, 2.24) is 0 Å². The lowest BCUT2D eigenvalue weighted by Crippen LogP contribution is -2.26. The lowest BCUT2D eigenvalue weighted by molar-refractivity contribution is 0.0245. The van der Waals surface area contributed by atoms with Crippen LogP contribution in [0.25, 0.3) is 0 Å². The highest BCUT2D eigenvalue weighted by atomic mass is 16.5. The highest BCUT2D eigenvalue weighted by Crippen LogP contribution is 2.49. The molecule has 2 N–H and O–H groups in total. The van der Waals surface area contributed by atoms with Crippen LogP contribution in [-0.4, -0.2) is 49.9 Å². The van der Waals surface area contributed by atoms with E-state index in [1.54, 1.807) is 0 Å². The molecular formula is C27H46O5. The average Bonchev–Trinajstić information content (AvgIpc) is 2.75. The van der Waals surface area contributed by atoms with Crippen LogP contribution in [0.2, 0.25) is 0 Å². The van der Waals surface area contributed by atoms with E-state index in [1.165, 1.54) is 25.7 Å². The summed E-state index contributed by atoms with van der Waals surface area (Å²) < 4.78 is 17.1. The van der Waals surface area contributed by atoms with E-state index in [4.69, 9.17) is 19.3 Å². The van der Waals surface area contributed by atoms with Gasteiger partial charge in [0.05, 0.1) is 33.0 Å². The Hall–Kier alpha value is -1.30. The van der Waals surface area contributed by atoms with Crippen molar-refractivity contribution in [2.75, 3.05) is 39.6 Å². The molecule has 5 heteroatoms. The second-order valence-electron chi connectivity index (χ2n) is 9.71. The zero-order valence-corrected chi connectivity index (χ0v) is 20.8. The van der Waals surface area contributed by atoms with Gasteiger partial charge in [-0.05, 0) is 67.1 Å². The van der Waals surface area contributed by atoms with Crippen LogP contribution >= 0.6 is 0 Å². The van der Waals surface area contributed by atoms with Gasteiger partial charge in [0, 0.05) is 5.56 Å². The number of aryl methyl sites for hydroxylation is 1. The highest BCUT2D eigenvalue weighted by Gasteiger charge is 2.35. The maximum absolute atomic E-state index is 11.1. The molecule has 2 rings (SSSR count). The number of aromatic hydroxyl groups is 1. The Morgan fingerprint density at radius 2 is 1.72 bits per heavy atom. The number of rotatable bonds is 15. The number of phenolic OH excluding ortho intramolecular Hbond substituents is 1. The van der Waals surface area contributed by atoms with Gasteiger partial charge in [0.1, 0.15) is 18.1 Å². The number of benzene rings is 1. The monoisotopic (exact) mass is 450 g/mol. The van der Waals surface area contributed by atoms with E-state index in [2.05, 4.69) is 33.8 Å². The predicted octanol–water partition coefficient (Wildman–Crippen LogP) is 5.71. The maximum Gasteiger partial charge on any atom is 0.126 e. The molecule has 0 saturated heterocycles. The van der Waals surface area contributed by atoms with Crippen molar-refractivity contribution >= 4 is 0 Å². The van der Waals surface area contributed by atoms with Gasteiger partial charge in [-0.15, -0.1) is 0 Å². The molecule has 0 aliphatic heterocycles. The molecule has 1 aliphatic rings. The van der Waals surface area contributed by atoms with Crippen molar-refractivity contribution in [2.24, 2.45) is 17.8 Å². The van der Waals surface area contributed by atoms with Gasteiger partial charge < -0.3 is 24.4 Å². The Balaban J connectivity index is 2.13. The van der Waals surface area contributed by atoms with Crippen molar-refractivity contribution in [1.29, 1.82) is 0 Å². The van der Waals surface area contributed by atoms with E-state index < -0.39 is 0 Å². The van der Waals surface area contributed by atoms with Crippen molar-refractivity contribution < 1.29 is 24.4 Å². The van der Waals surface area contributed by atoms with Gasteiger partial charge in [0.25, 0.3) is 0 Å². The maximum atomic E-state index is 11.1. The van der Waals surface area contributed by atoms with Crippen LogP contribution in [-0.2, 0) is 15.9 Å². The van der Waals surface area contributed by atoms with E-state index in [9.17, 15) is 5.11 Å². The molecule has 1 saturated carbocycles. The number of hydrogen-bond donors (Lipinski definition) is 2. The Morgan fingerprint density at radius 1 is 1.00 bits per heavy atom. The topological polar surface area (TPSA) is 68.2 Å². The summed E-state index contributed by atoms with van der Waals surface area (Å²) in [5.74, 6) is 3.36. The van der Waals surface area contributed by atoms with E-state index in [-0.39, 0.29) is 6.61 Å². The highest BCUT2D eigenvalue weighted by molar-refractivity contribution is 5.50. The molecule has 184 valence electrons. The first kappa shape index (κ1) is 26.9. The number of phenols is 1. The molecule has 0 aromatic heterocycles. The number of aliphatic hydroxyl groups excluding tert-OH is 1. The van der Waals surface area contributed by atoms with Gasteiger partial charge in [-0.1, -0.05) is 47.0 Å². The van der Waals surface area contributed by atoms with E-state index in [1.807, 2.05) is 6.07 Å². The number of unbranched alkanes of at least 4 members (excludes halogenated alkanes) is 2. The van der Waals surface area contributed by atoms with E-state index in [0.717, 1.165) is 36.1 Å². The fourth-order valence-electron chi connectivity index (χ4n) is 5.01. The van der Waals surface area contributed by atoms with Crippen LogP contribution in [0.3, 0.4) is 0 Å². The molecule has 32 heavy (non-hydrogen) atoms. The molecule has 1 aromatic carbocycles. The minimum Gasteiger partial charge on any atom is -0.508 e. The van der Waals surface area contributed by atoms with E-state index >= 15 is 0 Å². The first-order valence-corrected chi connectivity index (χ1v) is 12.7. The SMILES string of the molecule is CCCCCc1cc(O)c([C@@H]2C[C@H](C)CC[C@H]2C(C)C)c(OCCOCCOCCO)c1. The standard InChI is InChI=1S/C27H46O5/c1-5-6-7-8-22-18-25(29)27(24-17-21(4)9-10-23(24)20(2)3)26(19-22)32-16-15-31-14-13-30-12-11-28/h18-21,23-24,28-29H,5-17H2,1-4H3/t21-,23+,24-/m1/s1. The third-order valence-electron chi connectivity index (χ3n) is 6.73. The third-order valence-corrected chi connectivity index (χ3v) is 6.73. The molecule has 0 spiro atoms. The Bertz CT molecular complexity index is 645. The first-order chi connectivity index (χ1) is 15.5. The summed E-state index contributed by atoms with van der Waals surface area (Å²) in [5.41, 5.74) is 2.15. The number of ether oxygens (including phenoxy) is 3. The van der Waals surface area contributed by atoms with Gasteiger partial charge in [0.2, 0.25) is 0 Å². The minimum absolute atomic E-state index is 0.0289. The molecule has 1 aliphatic carbocycles. The van der Waals surface area contributed by atoms with Crippen LogP contribution in [0.5, 0.6) is 11.5 Å². The molecule has 0 heterocycles. The molecule has 3 atom stereocenters. The molecule has 0 bridgehead atoms. The zero-order valence-electron chi connectivity index (χ0n) is 20.8. The predicted molar refractivity (Wildman–Crippen MR) is 130 cm³/mol. The average molecular weight is 451 g/mol. The smallest absolute Gasteiger partial charge is 0.126 e. The van der Waals surface area contributed by atoms with Crippen LogP contribution in [0, 0.1) is 17.8 Å². The fraction of sp³-hybridized carbons (Fsp3) is 0.778. The zero-order chi connectivity index (χ0) is 23.3. The third kappa shape index (κ3) is 8.57. The summed E-state index contributed by atoms with van der Waals surface area (Å²) in [4.78, 5) is 0. The molecule has 0 amide bonds. The van der Waals surface area contributed by atoms with Crippen molar-refractivity contribution in [3.05, 3.63) is 23.3 Å². The largest absolute Gasteiger partial charge is 0.508 e. The van der Waals surface area contributed by atoms with Gasteiger partial charge in [-0.25, -0.2) is 0 Å². The van der Waals surface area contributed by atoms with Crippen LogP contribution < -0.4 is 4.74 Å². The fourth-order valence-corrected chi connectivity index (χ4v) is 5.01. The Morgan fingerprint density at radius 3 is 2.41 bits per heavy atom.